The van der Waals surface area contributed by atoms with Crippen LogP contribution in [0.2, 0.25) is 0 Å². The largest absolute Gasteiger partial charge is 0.490 e. The molecule has 3 N–H and O–H groups in total. The minimum absolute atomic E-state index is 0.0626. The fourth-order valence-electron chi connectivity index (χ4n) is 1.51. The maximum absolute atomic E-state index is 9.00. The van der Waals surface area contributed by atoms with Crippen LogP contribution < -0.4 is 15.4 Å². The van der Waals surface area contributed by atoms with Crippen LogP contribution >= 0.6 is 0 Å². The normalized spacial score (nSPS) is 10.2. The van der Waals surface area contributed by atoms with Crippen molar-refractivity contribution in [1.82, 2.24) is 9.97 Å². The molecule has 1 aromatic rings. The van der Waals surface area contributed by atoms with E-state index >= 15 is 0 Å². The minimum atomic E-state index is 0.0626. The van der Waals surface area contributed by atoms with Crippen LogP contribution in [0.15, 0.2) is 6.33 Å². The van der Waals surface area contributed by atoms with Gasteiger partial charge in [-0.3, -0.25) is 0 Å². The molecule has 1 heterocycles. The van der Waals surface area contributed by atoms with E-state index in [2.05, 4.69) is 16.9 Å². The lowest BCUT2D eigenvalue weighted by molar-refractivity contribution is 0.300. The lowest BCUT2D eigenvalue weighted by Gasteiger charge is -2.23. The van der Waals surface area contributed by atoms with Gasteiger partial charge in [0.05, 0.1) is 13.7 Å². The molecule has 1 aromatic heterocycles. The Hall–Kier alpha value is -1.56. The summed E-state index contributed by atoms with van der Waals surface area (Å²) >= 11 is 0. The van der Waals surface area contributed by atoms with E-state index < -0.39 is 0 Å². The summed E-state index contributed by atoms with van der Waals surface area (Å²) in [5, 5.41) is 9.00. The van der Waals surface area contributed by atoms with Gasteiger partial charge in [-0.25, -0.2) is 9.97 Å². The van der Waals surface area contributed by atoms with Crippen molar-refractivity contribution in [1.29, 1.82) is 0 Å². The molecule has 16 heavy (non-hydrogen) atoms. The Morgan fingerprint density at radius 1 is 1.44 bits per heavy atom. The third-order valence-electron chi connectivity index (χ3n) is 2.18. The molecule has 0 aliphatic carbocycles. The first kappa shape index (κ1) is 12.5. The molecule has 0 fully saturated rings. The van der Waals surface area contributed by atoms with Gasteiger partial charge < -0.3 is 20.5 Å². The quantitative estimate of drug-likeness (QED) is 0.724. The zero-order valence-electron chi connectivity index (χ0n) is 9.68. The summed E-state index contributed by atoms with van der Waals surface area (Å²) in [4.78, 5) is 9.94. The highest BCUT2D eigenvalue weighted by Gasteiger charge is 2.15. The van der Waals surface area contributed by atoms with Crippen LogP contribution in [0, 0.1) is 0 Å². The Balaban J connectivity index is 3.02. The minimum Gasteiger partial charge on any atom is -0.490 e. The Kier molecular flexibility index (Phi) is 4.78. The third-order valence-corrected chi connectivity index (χ3v) is 2.18. The summed E-state index contributed by atoms with van der Waals surface area (Å²) in [6, 6.07) is 0. The molecule has 0 aliphatic rings. The van der Waals surface area contributed by atoms with E-state index in [1.807, 2.05) is 4.90 Å². The van der Waals surface area contributed by atoms with Crippen LogP contribution in [-0.4, -0.2) is 41.9 Å². The average Bonchev–Trinajstić information content (AvgIpc) is 2.28. The number of nitrogen functional groups attached to an aromatic ring is 1. The van der Waals surface area contributed by atoms with Gasteiger partial charge in [-0.1, -0.05) is 6.92 Å². The molecule has 0 unspecified atom stereocenters. The second-order valence-corrected chi connectivity index (χ2v) is 3.33. The molecule has 0 spiro atoms. The van der Waals surface area contributed by atoms with Crippen molar-refractivity contribution in [2.75, 3.05) is 37.4 Å². The van der Waals surface area contributed by atoms with Gasteiger partial charge >= 0.3 is 0 Å². The number of aliphatic hydroxyl groups is 1. The van der Waals surface area contributed by atoms with Crippen LogP contribution in [0.5, 0.6) is 5.75 Å². The zero-order chi connectivity index (χ0) is 12.0. The first-order valence-corrected chi connectivity index (χ1v) is 5.24. The summed E-state index contributed by atoms with van der Waals surface area (Å²) in [5.41, 5.74) is 5.70. The third kappa shape index (κ3) is 2.73. The predicted molar refractivity (Wildman–Crippen MR) is 62.6 cm³/mol. The second kappa shape index (κ2) is 6.12. The first-order valence-electron chi connectivity index (χ1n) is 5.24. The van der Waals surface area contributed by atoms with Crippen molar-refractivity contribution in [3.63, 3.8) is 0 Å². The maximum atomic E-state index is 9.00. The summed E-state index contributed by atoms with van der Waals surface area (Å²) < 4.78 is 5.18. The van der Waals surface area contributed by atoms with Crippen LogP contribution in [0.1, 0.15) is 13.3 Å². The van der Waals surface area contributed by atoms with E-state index in [0.717, 1.165) is 13.0 Å². The molecule has 0 atom stereocenters. The highest BCUT2D eigenvalue weighted by Crippen LogP contribution is 2.29. The van der Waals surface area contributed by atoms with E-state index in [0.29, 0.717) is 23.9 Å². The van der Waals surface area contributed by atoms with Gasteiger partial charge in [0.1, 0.15) is 6.33 Å². The number of nitrogens with zero attached hydrogens (tertiary/aromatic N) is 3. The highest BCUT2D eigenvalue weighted by molar-refractivity contribution is 5.62. The smallest absolute Gasteiger partial charge is 0.204 e. The number of hydrogen-bond donors (Lipinski definition) is 2. The number of nitrogens with two attached hydrogens (primary N) is 1. The number of aromatic nitrogens is 2. The monoisotopic (exact) mass is 226 g/mol. The lowest BCUT2D eigenvalue weighted by Crippen LogP contribution is -2.29. The van der Waals surface area contributed by atoms with E-state index in [1.54, 1.807) is 0 Å². The van der Waals surface area contributed by atoms with Gasteiger partial charge in [0.15, 0.2) is 11.6 Å². The van der Waals surface area contributed by atoms with E-state index in [4.69, 9.17) is 15.6 Å². The lowest BCUT2D eigenvalue weighted by atomic mass is 10.3. The topological polar surface area (TPSA) is 84.5 Å². The number of anilines is 2. The molecule has 1 rings (SSSR count). The standard InChI is InChI=1S/C10H18N4O2/c1-3-4-14(5-6-15)10-8(16-2)9(11)12-7-13-10/h7,15H,3-6H2,1-2H3,(H2,11,12,13). The molecule has 0 aromatic carbocycles. The number of methoxy groups -OCH3 is 1. The summed E-state index contributed by atoms with van der Waals surface area (Å²) in [7, 11) is 1.53. The molecule has 6 nitrogen and oxygen atoms in total. The molecule has 0 aliphatic heterocycles. The summed E-state index contributed by atoms with van der Waals surface area (Å²) in [6.45, 7) is 3.41. The van der Waals surface area contributed by atoms with Gasteiger partial charge in [-0.15, -0.1) is 0 Å². The zero-order valence-corrected chi connectivity index (χ0v) is 9.68. The van der Waals surface area contributed by atoms with Gasteiger partial charge in [0.2, 0.25) is 5.75 Å². The maximum Gasteiger partial charge on any atom is 0.204 e. The van der Waals surface area contributed by atoms with Crippen LogP contribution in [0.25, 0.3) is 0 Å². The summed E-state index contributed by atoms with van der Waals surface area (Å²) in [5.74, 6) is 1.40. The van der Waals surface area contributed by atoms with E-state index in [9.17, 15) is 0 Å². The Morgan fingerprint density at radius 2 is 2.19 bits per heavy atom. The number of ether oxygens (including phenoxy) is 1. The van der Waals surface area contributed by atoms with Crippen molar-refractivity contribution in [2.24, 2.45) is 0 Å². The molecular weight excluding hydrogens is 208 g/mol. The van der Waals surface area contributed by atoms with Crippen molar-refractivity contribution in [3.05, 3.63) is 6.33 Å². The van der Waals surface area contributed by atoms with Gasteiger partial charge in [0, 0.05) is 13.1 Å². The van der Waals surface area contributed by atoms with Crippen molar-refractivity contribution < 1.29 is 9.84 Å². The first-order chi connectivity index (χ1) is 7.74. The molecule has 90 valence electrons. The fraction of sp³-hybridized carbons (Fsp3) is 0.600. The Morgan fingerprint density at radius 3 is 2.75 bits per heavy atom. The van der Waals surface area contributed by atoms with Crippen molar-refractivity contribution in [2.45, 2.75) is 13.3 Å². The SMILES string of the molecule is CCCN(CCO)c1ncnc(N)c1OC. The van der Waals surface area contributed by atoms with Crippen LogP contribution in [-0.2, 0) is 0 Å². The Bertz CT molecular complexity index is 327. The predicted octanol–water partition coefficient (Wildman–Crippen LogP) is 0.276. The molecule has 0 radical (unpaired) electrons. The van der Waals surface area contributed by atoms with Gasteiger partial charge in [0.25, 0.3) is 0 Å². The van der Waals surface area contributed by atoms with Crippen molar-refractivity contribution >= 4 is 11.6 Å². The van der Waals surface area contributed by atoms with E-state index in [-0.39, 0.29) is 6.61 Å². The second-order valence-electron chi connectivity index (χ2n) is 3.33. The molecule has 0 amide bonds. The molecule has 6 heteroatoms. The van der Waals surface area contributed by atoms with E-state index in [1.165, 1.54) is 13.4 Å². The summed E-state index contributed by atoms with van der Waals surface area (Å²) in [6.07, 6.45) is 2.35. The fourth-order valence-corrected chi connectivity index (χ4v) is 1.51. The van der Waals surface area contributed by atoms with Crippen LogP contribution in [0.4, 0.5) is 11.6 Å². The number of aliphatic hydroxyl groups excluding tert-OH is 1. The number of rotatable bonds is 6. The molecule has 0 saturated heterocycles. The Labute approximate surface area is 95.1 Å². The molecule has 0 saturated carbocycles. The molecule has 0 bridgehead atoms. The van der Waals surface area contributed by atoms with Gasteiger partial charge in [-0.05, 0) is 6.42 Å². The van der Waals surface area contributed by atoms with Crippen molar-refractivity contribution in [3.8, 4) is 5.75 Å². The number of hydrogen-bond acceptors (Lipinski definition) is 6. The average molecular weight is 226 g/mol. The molecular formula is C10H18N4O2. The highest BCUT2D eigenvalue weighted by atomic mass is 16.5. The van der Waals surface area contributed by atoms with Gasteiger partial charge in [-0.2, -0.15) is 0 Å². The van der Waals surface area contributed by atoms with Crippen LogP contribution in [0.3, 0.4) is 0 Å².